The Morgan fingerprint density at radius 1 is 1.14 bits per heavy atom. The van der Waals surface area contributed by atoms with E-state index in [9.17, 15) is 18.0 Å². The standard InChI is InChI=1S/C24H20ClN5O4S2/c1-29-9-8-26-23(29)16-3-4-18-19(11-16)28-14-30(24(18)32)21-6-2-15(12-27-21)10-17(31)13-36(33,34)22-7-5-20(25)35-22/h2-7,11-12,14H,8-10,13H2,1H3. The maximum absolute atomic E-state index is 13.1. The SMILES string of the molecule is CN1CCN=C1c1ccc2c(=O)n(-c3ccc(CC(=O)CS(=O)(=O)c4ccc(Cl)s4)cn3)cnc2c1. The number of rotatable bonds is 7. The van der Waals surface area contributed by atoms with Crippen molar-refractivity contribution >= 4 is 55.3 Å². The summed E-state index contributed by atoms with van der Waals surface area (Å²) in [6.45, 7) is 1.60. The van der Waals surface area contributed by atoms with E-state index in [1.54, 1.807) is 18.2 Å². The number of hydrogen-bond donors (Lipinski definition) is 0. The van der Waals surface area contributed by atoms with Crippen molar-refractivity contribution < 1.29 is 13.2 Å². The molecule has 9 nitrogen and oxygen atoms in total. The first kappa shape index (κ1) is 24.3. The third-order valence-electron chi connectivity index (χ3n) is 5.74. The van der Waals surface area contributed by atoms with Crippen LogP contribution in [0.4, 0.5) is 0 Å². The number of fused-ring (bicyclic) bond motifs is 1. The van der Waals surface area contributed by atoms with Gasteiger partial charge in [0.25, 0.3) is 5.56 Å². The lowest BCUT2D eigenvalue weighted by Crippen LogP contribution is -2.24. The zero-order valence-electron chi connectivity index (χ0n) is 19.1. The van der Waals surface area contributed by atoms with E-state index < -0.39 is 21.4 Å². The van der Waals surface area contributed by atoms with Gasteiger partial charge in [-0.1, -0.05) is 23.7 Å². The van der Waals surface area contributed by atoms with Gasteiger partial charge in [-0.15, -0.1) is 11.3 Å². The van der Waals surface area contributed by atoms with Gasteiger partial charge in [-0.05, 0) is 35.9 Å². The number of benzene rings is 1. The summed E-state index contributed by atoms with van der Waals surface area (Å²) in [5, 5.41) is 0.447. The number of nitrogens with zero attached hydrogens (tertiary/aromatic N) is 5. The summed E-state index contributed by atoms with van der Waals surface area (Å²) in [7, 11) is -1.77. The van der Waals surface area contributed by atoms with Crippen LogP contribution in [-0.4, -0.2) is 65.4 Å². The molecule has 184 valence electrons. The van der Waals surface area contributed by atoms with Crippen molar-refractivity contribution in [1.82, 2.24) is 19.4 Å². The highest BCUT2D eigenvalue weighted by Gasteiger charge is 2.22. The molecule has 36 heavy (non-hydrogen) atoms. The number of hydrogen-bond acceptors (Lipinski definition) is 9. The molecule has 0 fully saturated rings. The second-order valence-corrected chi connectivity index (χ2v) is 12.3. The summed E-state index contributed by atoms with van der Waals surface area (Å²) < 4.78 is 26.5. The first-order valence-electron chi connectivity index (χ1n) is 10.9. The van der Waals surface area contributed by atoms with E-state index in [0.717, 1.165) is 35.8 Å². The highest BCUT2D eigenvalue weighted by Crippen LogP contribution is 2.26. The third kappa shape index (κ3) is 4.81. The van der Waals surface area contributed by atoms with Gasteiger partial charge in [-0.3, -0.25) is 19.1 Å². The average molecular weight is 542 g/mol. The third-order valence-corrected chi connectivity index (χ3v) is 9.23. The number of aromatic nitrogens is 3. The molecule has 12 heteroatoms. The lowest BCUT2D eigenvalue weighted by atomic mass is 10.1. The molecule has 0 saturated heterocycles. The Bertz CT molecular complexity index is 1680. The molecule has 0 N–H and O–H groups in total. The second-order valence-electron chi connectivity index (χ2n) is 8.34. The minimum atomic E-state index is -3.75. The quantitative estimate of drug-likeness (QED) is 0.353. The summed E-state index contributed by atoms with van der Waals surface area (Å²) in [5.41, 5.74) is 1.73. The second kappa shape index (κ2) is 9.57. The Kier molecular flexibility index (Phi) is 6.45. The number of carbonyl (C=O) groups is 1. The van der Waals surface area contributed by atoms with Crippen molar-refractivity contribution in [1.29, 1.82) is 0 Å². The molecule has 0 spiro atoms. The zero-order chi connectivity index (χ0) is 25.4. The summed E-state index contributed by atoms with van der Waals surface area (Å²) in [4.78, 5) is 40.8. The fourth-order valence-electron chi connectivity index (χ4n) is 3.96. The molecule has 1 aliphatic rings. The summed E-state index contributed by atoms with van der Waals surface area (Å²) in [6, 6.07) is 11.6. The Morgan fingerprint density at radius 2 is 1.97 bits per heavy atom. The highest BCUT2D eigenvalue weighted by atomic mass is 35.5. The lowest BCUT2D eigenvalue weighted by molar-refractivity contribution is -0.116. The van der Waals surface area contributed by atoms with Crippen LogP contribution in [0.15, 0.2) is 69.0 Å². The molecule has 0 saturated carbocycles. The van der Waals surface area contributed by atoms with Gasteiger partial charge in [0, 0.05) is 31.8 Å². The molecule has 5 rings (SSSR count). The minimum absolute atomic E-state index is 0.0628. The molecule has 0 amide bonds. The minimum Gasteiger partial charge on any atom is -0.358 e. The summed E-state index contributed by atoms with van der Waals surface area (Å²) >= 11 is 6.72. The number of sulfone groups is 1. The fourth-order valence-corrected chi connectivity index (χ4v) is 6.77. The van der Waals surface area contributed by atoms with Crippen LogP contribution in [-0.2, 0) is 21.1 Å². The van der Waals surface area contributed by atoms with Gasteiger partial charge in [-0.25, -0.2) is 18.4 Å². The molecule has 1 aliphatic heterocycles. The molecule has 0 aliphatic carbocycles. The van der Waals surface area contributed by atoms with Gasteiger partial charge >= 0.3 is 0 Å². The van der Waals surface area contributed by atoms with Gasteiger partial charge in [-0.2, -0.15) is 0 Å². The molecule has 0 bridgehead atoms. The van der Waals surface area contributed by atoms with E-state index in [0.29, 0.717) is 26.6 Å². The predicted octanol–water partition coefficient (Wildman–Crippen LogP) is 2.77. The molecule has 3 aromatic heterocycles. The molecular weight excluding hydrogens is 522 g/mol. The normalized spacial score (nSPS) is 13.8. The van der Waals surface area contributed by atoms with E-state index in [1.807, 2.05) is 19.2 Å². The van der Waals surface area contributed by atoms with Gasteiger partial charge in [0.05, 0.1) is 21.8 Å². The van der Waals surface area contributed by atoms with Crippen LogP contribution >= 0.6 is 22.9 Å². The maximum Gasteiger partial charge on any atom is 0.266 e. The van der Waals surface area contributed by atoms with Crippen molar-refractivity contribution in [3.8, 4) is 5.82 Å². The fraction of sp³-hybridized carbons (Fsp3) is 0.208. The van der Waals surface area contributed by atoms with Crippen LogP contribution in [0.3, 0.4) is 0 Å². The molecule has 4 heterocycles. The number of thiophene rings is 1. The van der Waals surface area contributed by atoms with Gasteiger partial charge in [0.15, 0.2) is 15.6 Å². The number of aliphatic imine (C=N–C) groups is 1. The molecule has 0 radical (unpaired) electrons. The number of carbonyl (C=O) groups excluding carboxylic acids is 1. The largest absolute Gasteiger partial charge is 0.358 e. The predicted molar refractivity (Wildman–Crippen MR) is 139 cm³/mol. The van der Waals surface area contributed by atoms with Crippen molar-refractivity contribution in [3.05, 3.63) is 80.8 Å². The van der Waals surface area contributed by atoms with Crippen LogP contribution < -0.4 is 5.56 Å². The first-order valence-corrected chi connectivity index (χ1v) is 13.8. The van der Waals surface area contributed by atoms with E-state index in [2.05, 4.69) is 19.9 Å². The number of Topliss-reactive ketones (excluding diaryl/α,β-unsaturated/α-hetero) is 1. The Labute approximate surface area is 215 Å². The number of likely N-dealkylation sites (N-methyl/N-ethyl adjacent to an activating group) is 1. The Balaban J connectivity index is 1.33. The summed E-state index contributed by atoms with van der Waals surface area (Å²) in [6.07, 6.45) is 2.77. The smallest absolute Gasteiger partial charge is 0.266 e. The van der Waals surface area contributed by atoms with Gasteiger partial charge < -0.3 is 4.90 Å². The van der Waals surface area contributed by atoms with Crippen LogP contribution in [0.5, 0.6) is 0 Å². The monoisotopic (exact) mass is 541 g/mol. The molecule has 4 aromatic rings. The van der Waals surface area contributed by atoms with Crippen molar-refractivity contribution in [2.24, 2.45) is 4.99 Å². The van der Waals surface area contributed by atoms with E-state index >= 15 is 0 Å². The number of pyridine rings is 1. The van der Waals surface area contributed by atoms with Crippen molar-refractivity contribution in [3.63, 3.8) is 0 Å². The number of amidine groups is 1. The molecule has 0 unspecified atom stereocenters. The number of ketones is 1. The first-order chi connectivity index (χ1) is 17.2. The van der Waals surface area contributed by atoms with Crippen molar-refractivity contribution in [2.45, 2.75) is 10.6 Å². The molecule has 1 aromatic carbocycles. The zero-order valence-corrected chi connectivity index (χ0v) is 21.5. The highest BCUT2D eigenvalue weighted by molar-refractivity contribution is 7.94. The van der Waals surface area contributed by atoms with Crippen LogP contribution in [0, 0.1) is 0 Å². The number of halogens is 1. The Morgan fingerprint density at radius 3 is 2.64 bits per heavy atom. The van der Waals surface area contributed by atoms with E-state index in [-0.39, 0.29) is 16.2 Å². The van der Waals surface area contributed by atoms with Crippen LogP contribution in [0.25, 0.3) is 16.7 Å². The summed E-state index contributed by atoms with van der Waals surface area (Å²) in [5.74, 6) is 0.133. The molecular formula is C24H20ClN5O4S2. The van der Waals surface area contributed by atoms with E-state index in [1.165, 1.54) is 29.2 Å². The Hall–Kier alpha value is -3.41. The van der Waals surface area contributed by atoms with Crippen LogP contribution in [0.2, 0.25) is 4.34 Å². The topological polar surface area (TPSA) is 115 Å². The molecule has 0 atom stereocenters. The van der Waals surface area contributed by atoms with Crippen molar-refractivity contribution in [2.75, 3.05) is 25.9 Å². The van der Waals surface area contributed by atoms with Crippen LogP contribution in [0.1, 0.15) is 11.1 Å². The lowest BCUT2D eigenvalue weighted by Gasteiger charge is -2.14. The van der Waals surface area contributed by atoms with E-state index in [4.69, 9.17) is 11.6 Å². The van der Waals surface area contributed by atoms with Gasteiger partial charge in [0.1, 0.15) is 27.9 Å². The maximum atomic E-state index is 13.1. The average Bonchev–Trinajstić information content (AvgIpc) is 3.48. The van der Waals surface area contributed by atoms with Gasteiger partial charge in [0.2, 0.25) is 0 Å².